The fourth-order valence-electron chi connectivity index (χ4n) is 2.63. The minimum atomic E-state index is 0. The number of ether oxygens (including phenoxy) is 1. The van der Waals surface area contributed by atoms with Gasteiger partial charge in [0.2, 0.25) is 0 Å². The van der Waals surface area contributed by atoms with Crippen molar-refractivity contribution >= 4 is 12.4 Å². The highest BCUT2D eigenvalue weighted by atomic mass is 35.5. The zero-order valence-electron chi connectivity index (χ0n) is 10.4. The number of nitrogens with one attached hydrogen (secondary N) is 1. The van der Waals surface area contributed by atoms with Crippen molar-refractivity contribution in [1.82, 2.24) is 10.2 Å². The molecule has 0 radical (unpaired) electrons. The monoisotopic (exact) mass is 248 g/mol. The van der Waals surface area contributed by atoms with E-state index in [1.165, 1.54) is 32.4 Å². The summed E-state index contributed by atoms with van der Waals surface area (Å²) in [4.78, 5) is 2.57. The molecule has 4 heteroatoms. The van der Waals surface area contributed by atoms with Gasteiger partial charge in [-0.3, -0.25) is 5.32 Å². The molecule has 0 amide bonds. The fraction of sp³-hybridized carbons (Fsp3) is 1.00. The van der Waals surface area contributed by atoms with Crippen molar-refractivity contribution in [2.75, 3.05) is 26.2 Å². The number of nitrogens with zero attached hydrogens (tertiary/aromatic N) is 1. The van der Waals surface area contributed by atoms with Crippen molar-refractivity contribution in [1.29, 1.82) is 0 Å². The summed E-state index contributed by atoms with van der Waals surface area (Å²) >= 11 is 0. The van der Waals surface area contributed by atoms with Gasteiger partial charge in [0.15, 0.2) is 0 Å². The first-order chi connectivity index (χ1) is 7.27. The number of rotatable bonds is 2. The minimum absolute atomic E-state index is 0. The zero-order valence-corrected chi connectivity index (χ0v) is 11.3. The van der Waals surface area contributed by atoms with E-state index in [1.54, 1.807) is 0 Å². The van der Waals surface area contributed by atoms with Crippen molar-refractivity contribution in [2.24, 2.45) is 5.92 Å². The number of halogens is 1. The van der Waals surface area contributed by atoms with Crippen molar-refractivity contribution in [3.05, 3.63) is 0 Å². The SMILES string of the molecule is CC(C)N1CCC(C2NCCCO2)CC1.Cl. The Hall–Kier alpha value is 0.170. The highest BCUT2D eigenvalue weighted by Gasteiger charge is 2.28. The molecule has 2 heterocycles. The maximum Gasteiger partial charge on any atom is 0.111 e. The smallest absolute Gasteiger partial charge is 0.111 e. The van der Waals surface area contributed by atoms with Crippen LogP contribution in [-0.2, 0) is 4.74 Å². The first-order valence-electron chi connectivity index (χ1n) is 6.36. The molecule has 0 spiro atoms. The fourth-order valence-corrected chi connectivity index (χ4v) is 2.63. The van der Waals surface area contributed by atoms with Gasteiger partial charge < -0.3 is 9.64 Å². The van der Waals surface area contributed by atoms with E-state index < -0.39 is 0 Å². The van der Waals surface area contributed by atoms with Crippen molar-refractivity contribution in [2.45, 2.75) is 45.4 Å². The van der Waals surface area contributed by atoms with Gasteiger partial charge >= 0.3 is 0 Å². The van der Waals surface area contributed by atoms with Crippen LogP contribution < -0.4 is 5.32 Å². The summed E-state index contributed by atoms with van der Waals surface area (Å²) in [6, 6.07) is 0.700. The Morgan fingerprint density at radius 3 is 2.44 bits per heavy atom. The quantitative estimate of drug-likeness (QED) is 0.808. The normalized spacial score (nSPS) is 29.1. The Kier molecular flexibility index (Phi) is 6.05. The predicted molar refractivity (Wildman–Crippen MR) is 69.0 cm³/mol. The van der Waals surface area contributed by atoms with Gasteiger partial charge in [0.25, 0.3) is 0 Å². The molecule has 96 valence electrons. The van der Waals surface area contributed by atoms with Crippen LogP contribution in [-0.4, -0.2) is 43.4 Å². The lowest BCUT2D eigenvalue weighted by atomic mass is 9.93. The van der Waals surface area contributed by atoms with Crippen LogP contribution in [0.2, 0.25) is 0 Å². The molecule has 2 rings (SSSR count). The lowest BCUT2D eigenvalue weighted by Crippen LogP contribution is -2.48. The van der Waals surface area contributed by atoms with Crippen LogP contribution in [0.25, 0.3) is 0 Å². The summed E-state index contributed by atoms with van der Waals surface area (Å²) < 4.78 is 5.78. The van der Waals surface area contributed by atoms with E-state index in [9.17, 15) is 0 Å². The van der Waals surface area contributed by atoms with Crippen LogP contribution in [0.4, 0.5) is 0 Å². The van der Waals surface area contributed by atoms with Gasteiger partial charge in [-0.15, -0.1) is 12.4 Å². The highest BCUT2D eigenvalue weighted by molar-refractivity contribution is 5.85. The summed E-state index contributed by atoms with van der Waals surface area (Å²) in [6.07, 6.45) is 4.08. The molecule has 2 saturated heterocycles. The van der Waals surface area contributed by atoms with Gasteiger partial charge in [-0.2, -0.15) is 0 Å². The maximum atomic E-state index is 5.78. The van der Waals surface area contributed by atoms with E-state index in [2.05, 4.69) is 24.1 Å². The highest BCUT2D eigenvalue weighted by Crippen LogP contribution is 2.23. The van der Waals surface area contributed by atoms with Crippen LogP contribution >= 0.6 is 12.4 Å². The Morgan fingerprint density at radius 1 is 1.25 bits per heavy atom. The van der Waals surface area contributed by atoms with Gasteiger partial charge in [-0.1, -0.05) is 0 Å². The lowest BCUT2D eigenvalue weighted by Gasteiger charge is -2.39. The molecular weight excluding hydrogens is 224 g/mol. The van der Waals surface area contributed by atoms with Crippen LogP contribution in [0.15, 0.2) is 0 Å². The second-order valence-electron chi connectivity index (χ2n) is 5.07. The van der Waals surface area contributed by atoms with Gasteiger partial charge in [0.05, 0.1) is 0 Å². The van der Waals surface area contributed by atoms with Gasteiger partial charge in [0, 0.05) is 18.6 Å². The Morgan fingerprint density at radius 2 is 1.94 bits per heavy atom. The Balaban J connectivity index is 0.00000128. The number of hydrogen-bond donors (Lipinski definition) is 1. The molecule has 2 aliphatic rings. The molecule has 1 unspecified atom stereocenters. The van der Waals surface area contributed by atoms with E-state index in [-0.39, 0.29) is 12.4 Å². The second kappa shape index (κ2) is 6.80. The van der Waals surface area contributed by atoms with E-state index >= 15 is 0 Å². The molecule has 2 fully saturated rings. The first kappa shape index (κ1) is 14.2. The third-order valence-electron chi connectivity index (χ3n) is 3.70. The number of hydrogen-bond acceptors (Lipinski definition) is 3. The third-order valence-corrected chi connectivity index (χ3v) is 3.70. The Labute approximate surface area is 105 Å². The summed E-state index contributed by atoms with van der Waals surface area (Å²) in [5.41, 5.74) is 0. The van der Waals surface area contributed by atoms with Gasteiger partial charge in [-0.05, 0) is 52.7 Å². The van der Waals surface area contributed by atoms with Crippen LogP contribution in [0.5, 0.6) is 0 Å². The minimum Gasteiger partial charge on any atom is -0.363 e. The predicted octanol–water partition coefficient (Wildman–Crippen LogP) is 1.86. The number of likely N-dealkylation sites (tertiary alicyclic amines) is 1. The molecule has 0 aromatic carbocycles. The van der Waals surface area contributed by atoms with Gasteiger partial charge in [0.1, 0.15) is 6.23 Å². The summed E-state index contributed by atoms with van der Waals surface area (Å²) in [5.74, 6) is 0.736. The molecule has 16 heavy (non-hydrogen) atoms. The average Bonchev–Trinajstić information content (AvgIpc) is 2.30. The molecule has 0 bridgehead atoms. The van der Waals surface area contributed by atoms with Crippen LogP contribution in [0.3, 0.4) is 0 Å². The number of piperidine rings is 1. The second-order valence-corrected chi connectivity index (χ2v) is 5.07. The van der Waals surface area contributed by atoms with E-state index in [0.29, 0.717) is 12.3 Å². The molecular formula is C12H25ClN2O. The largest absolute Gasteiger partial charge is 0.363 e. The molecule has 0 aliphatic carbocycles. The van der Waals surface area contributed by atoms with E-state index in [0.717, 1.165) is 19.1 Å². The third kappa shape index (κ3) is 3.59. The molecule has 0 saturated carbocycles. The van der Waals surface area contributed by atoms with Crippen molar-refractivity contribution in [3.63, 3.8) is 0 Å². The van der Waals surface area contributed by atoms with Crippen LogP contribution in [0.1, 0.15) is 33.1 Å². The summed E-state index contributed by atoms with van der Waals surface area (Å²) in [6.45, 7) is 9.14. The molecule has 0 aromatic heterocycles. The zero-order chi connectivity index (χ0) is 10.7. The molecule has 1 N–H and O–H groups in total. The van der Waals surface area contributed by atoms with Crippen molar-refractivity contribution < 1.29 is 4.74 Å². The Bertz CT molecular complexity index is 187. The molecule has 2 aliphatic heterocycles. The summed E-state index contributed by atoms with van der Waals surface area (Å²) in [5, 5.41) is 3.49. The molecule has 0 aromatic rings. The summed E-state index contributed by atoms with van der Waals surface area (Å²) in [7, 11) is 0. The average molecular weight is 249 g/mol. The standard InChI is InChI=1S/C12H24N2O.ClH/c1-10(2)14-7-4-11(5-8-14)12-13-6-3-9-15-12;/h10-13H,3-9H2,1-2H3;1H. The van der Waals surface area contributed by atoms with E-state index in [1.807, 2.05) is 0 Å². The van der Waals surface area contributed by atoms with Crippen molar-refractivity contribution in [3.8, 4) is 0 Å². The topological polar surface area (TPSA) is 24.5 Å². The van der Waals surface area contributed by atoms with Gasteiger partial charge in [-0.25, -0.2) is 0 Å². The van der Waals surface area contributed by atoms with E-state index in [4.69, 9.17) is 4.74 Å². The maximum absolute atomic E-state index is 5.78. The van der Waals surface area contributed by atoms with Crippen LogP contribution in [0, 0.1) is 5.92 Å². The first-order valence-corrected chi connectivity index (χ1v) is 6.36. The molecule has 3 nitrogen and oxygen atoms in total. The molecule has 1 atom stereocenters. The lowest BCUT2D eigenvalue weighted by molar-refractivity contribution is -0.0535.